The van der Waals surface area contributed by atoms with Crippen molar-refractivity contribution in [3.63, 3.8) is 0 Å². The number of rotatable bonds is 4. The predicted octanol–water partition coefficient (Wildman–Crippen LogP) is 6.78. The van der Waals surface area contributed by atoms with Gasteiger partial charge >= 0.3 is 0 Å². The molecule has 0 radical (unpaired) electrons. The van der Waals surface area contributed by atoms with Gasteiger partial charge in [-0.15, -0.1) is 0 Å². The van der Waals surface area contributed by atoms with Crippen LogP contribution in [0.2, 0.25) is 0 Å². The molecule has 0 saturated heterocycles. The molecule has 30 heavy (non-hydrogen) atoms. The number of fused-ring (bicyclic) bond motifs is 3. The number of aromatic nitrogens is 2. The molecule has 4 aromatic rings. The van der Waals surface area contributed by atoms with Crippen molar-refractivity contribution >= 4 is 0 Å². The largest absolute Gasteiger partial charge is 0.291 e. The lowest BCUT2D eigenvalue weighted by Crippen LogP contribution is -2.34. The average Bonchev–Trinajstić information content (AvgIpc) is 3.37. The minimum absolute atomic E-state index is 0.462. The molecule has 0 spiro atoms. The Hall–Kier alpha value is -3.13. The molecule has 0 saturated carbocycles. The van der Waals surface area contributed by atoms with Gasteiger partial charge in [0.15, 0.2) is 0 Å². The van der Waals surface area contributed by atoms with Gasteiger partial charge in [-0.2, -0.15) is 4.57 Å². The van der Waals surface area contributed by atoms with Crippen LogP contribution in [0.15, 0.2) is 73.1 Å². The summed E-state index contributed by atoms with van der Waals surface area (Å²) >= 11 is 0. The third-order valence-corrected chi connectivity index (χ3v) is 6.34. The van der Waals surface area contributed by atoms with Gasteiger partial charge in [0.1, 0.15) is 18.1 Å². The molecule has 1 heterocycles. The molecule has 5 rings (SSSR count). The highest BCUT2D eigenvalue weighted by Crippen LogP contribution is 2.38. The Labute approximate surface area is 179 Å². The first-order valence-electron chi connectivity index (χ1n) is 11.0. The van der Waals surface area contributed by atoms with Crippen LogP contribution in [0, 0.1) is 0 Å². The maximum atomic E-state index is 3.53. The van der Waals surface area contributed by atoms with Gasteiger partial charge in [-0.1, -0.05) is 76.2 Å². The van der Waals surface area contributed by atoms with Gasteiger partial charge in [0.05, 0.1) is 5.56 Å². The van der Waals surface area contributed by atoms with E-state index >= 15 is 0 Å². The number of nitrogens with one attached hydrogen (secondary N) is 1. The molecule has 0 atom stereocenters. The Morgan fingerprint density at radius 2 is 1.47 bits per heavy atom. The van der Waals surface area contributed by atoms with Crippen LogP contribution in [-0.4, -0.2) is 4.98 Å². The quantitative estimate of drug-likeness (QED) is 0.325. The molecule has 0 bridgehead atoms. The maximum absolute atomic E-state index is 3.53. The molecule has 150 valence electrons. The van der Waals surface area contributed by atoms with E-state index in [1.807, 2.05) is 0 Å². The molecular weight excluding hydrogens is 364 g/mol. The van der Waals surface area contributed by atoms with Crippen LogP contribution in [0.25, 0.3) is 28.2 Å². The molecule has 0 aliphatic heterocycles. The molecule has 1 aliphatic rings. The van der Waals surface area contributed by atoms with E-state index < -0.39 is 0 Å². The highest BCUT2D eigenvalue weighted by Gasteiger charge is 2.25. The van der Waals surface area contributed by atoms with Crippen LogP contribution >= 0.6 is 0 Å². The lowest BCUT2D eigenvalue weighted by molar-refractivity contribution is -0.583. The fourth-order valence-corrected chi connectivity index (χ4v) is 4.83. The second-order valence-corrected chi connectivity index (χ2v) is 8.98. The normalized spacial score (nSPS) is 12.5. The van der Waals surface area contributed by atoms with E-state index in [0.717, 1.165) is 12.2 Å². The fraction of sp³-hybridized carbons (Fsp3) is 0.250. The Morgan fingerprint density at radius 1 is 0.767 bits per heavy atom. The summed E-state index contributed by atoms with van der Waals surface area (Å²) in [4.78, 5) is 3.53. The van der Waals surface area contributed by atoms with E-state index in [1.54, 1.807) is 0 Å². The van der Waals surface area contributed by atoms with Crippen LogP contribution in [0.1, 0.15) is 61.8 Å². The molecule has 2 heteroatoms. The summed E-state index contributed by atoms with van der Waals surface area (Å²) < 4.78 is 2.36. The number of imidazole rings is 1. The van der Waals surface area contributed by atoms with Crippen molar-refractivity contribution in [3.05, 3.63) is 95.3 Å². The van der Waals surface area contributed by atoms with Crippen molar-refractivity contribution in [2.45, 2.75) is 46.0 Å². The minimum Gasteiger partial charge on any atom is -0.243 e. The van der Waals surface area contributed by atoms with Crippen LogP contribution in [0.3, 0.4) is 0 Å². The highest BCUT2D eigenvalue weighted by atomic mass is 15.1. The zero-order valence-corrected chi connectivity index (χ0v) is 18.2. The van der Waals surface area contributed by atoms with Crippen LogP contribution in [0.5, 0.6) is 0 Å². The number of H-pyrrole nitrogens is 1. The lowest BCUT2D eigenvalue weighted by Gasteiger charge is -2.17. The summed E-state index contributed by atoms with van der Waals surface area (Å²) in [6.45, 7) is 9.12. The van der Waals surface area contributed by atoms with Crippen molar-refractivity contribution in [3.8, 4) is 28.2 Å². The second-order valence-electron chi connectivity index (χ2n) is 8.98. The van der Waals surface area contributed by atoms with Crippen molar-refractivity contribution in [2.75, 3.05) is 0 Å². The van der Waals surface area contributed by atoms with Crippen molar-refractivity contribution in [1.29, 1.82) is 0 Å². The Kier molecular flexibility index (Phi) is 4.58. The topological polar surface area (TPSA) is 19.7 Å². The third kappa shape index (κ3) is 2.99. The Bertz CT molecular complexity index is 1200. The number of aromatic amines is 1. The van der Waals surface area contributed by atoms with E-state index in [9.17, 15) is 0 Å². The second kappa shape index (κ2) is 7.28. The van der Waals surface area contributed by atoms with E-state index in [0.29, 0.717) is 11.8 Å². The van der Waals surface area contributed by atoms with Crippen LogP contribution in [-0.2, 0) is 6.42 Å². The van der Waals surface area contributed by atoms with Crippen LogP contribution < -0.4 is 4.57 Å². The van der Waals surface area contributed by atoms with Crippen LogP contribution in [0.4, 0.5) is 0 Å². The fourth-order valence-electron chi connectivity index (χ4n) is 4.83. The molecule has 0 amide bonds. The van der Waals surface area contributed by atoms with Gasteiger partial charge in [-0.05, 0) is 52.6 Å². The number of hydrogen-bond acceptors (Lipinski definition) is 0. The SMILES string of the molecule is CC(C)c1cccc(C(C)C)c1-[n+]1cc[nH]c1-c1ccc2c(c1)Cc1ccccc1-2. The summed E-state index contributed by atoms with van der Waals surface area (Å²) in [7, 11) is 0. The first-order chi connectivity index (χ1) is 14.5. The Morgan fingerprint density at radius 3 is 2.20 bits per heavy atom. The van der Waals surface area contributed by atoms with Crippen molar-refractivity contribution < 1.29 is 4.57 Å². The van der Waals surface area contributed by atoms with E-state index in [1.165, 1.54) is 44.6 Å². The average molecular weight is 394 g/mol. The third-order valence-electron chi connectivity index (χ3n) is 6.34. The van der Waals surface area contributed by atoms with E-state index in [-0.39, 0.29) is 0 Å². The zero-order valence-electron chi connectivity index (χ0n) is 18.2. The number of benzene rings is 3. The monoisotopic (exact) mass is 393 g/mol. The van der Waals surface area contributed by atoms with Crippen molar-refractivity contribution in [1.82, 2.24) is 4.98 Å². The molecule has 0 fully saturated rings. The summed E-state index contributed by atoms with van der Waals surface area (Å²) in [6, 6.07) is 22.4. The molecule has 0 unspecified atom stereocenters. The Balaban J connectivity index is 1.66. The summed E-state index contributed by atoms with van der Waals surface area (Å²) in [5.74, 6) is 2.07. The maximum Gasteiger partial charge on any atom is 0.291 e. The first kappa shape index (κ1) is 18.9. The van der Waals surface area contributed by atoms with Gasteiger partial charge in [-0.25, -0.2) is 4.98 Å². The number of nitrogens with zero attached hydrogens (tertiary/aromatic N) is 1. The van der Waals surface area contributed by atoms with E-state index in [2.05, 4.69) is 110 Å². The molecule has 3 aromatic carbocycles. The standard InChI is InChI=1S/C28H28N2/c1-18(2)23-10-7-11-24(19(3)4)27(23)30-15-14-29-28(30)21-12-13-26-22(17-21)16-20-8-5-6-9-25(20)26/h5-15,17-19H,16H2,1-4H3/p+1. The molecule has 1 N–H and O–H groups in total. The molecule has 2 nitrogen and oxygen atoms in total. The summed E-state index contributed by atoms with van der Waals surface area (Å²) in [5, 5.41) is 0. The van der Waals surface area contributed by atoms with Crippen molar-refractivity contribution in [2.24, 2.45) is 0 Å². The summed E-state index contributed by atoms with van der Waals surface area (Å²) in [6.07, 6.45) is 5.24. The van der Waals surface area contributed by atoms with Gasteiger partial charge < -0.3 is 0 Å². The number of hydrogen-bond donors (Lipinski definition) is 1. The van der Waals surface area contributed by atoms with Gasteiger partial charge in [0.25, 0.3) is 5.82 Å². The van der Waals surface area contributed by atoms with Gasteiger partial charge in [0, 0.05) is 11.1 Å². The molecular formula is C28H29N2+. The minimum atomic E-state index is 0.462. The predicted molar refractivity (Wildman–Crippen MR) is 124 cm³/mol. The first-order valence-corrected chi connectivity index (χ1v) is 11.0. The smallest absolute Gasteiger partial charge is 0.243 e. The molecule has 1 aromatic heterocycles. The number of para-hydroxylation sites is 1. The van der Waals surface area contributed by atoms with Gasteiger partial charge in [0.2, 0.25) is 0 Å². The highest BCUT2D eigenvalue weighted by molar-refractivity contribution is 5.79. The molecule has 1 aliphatic carbocycles. The lowest BCUT2D eigenvalue weighted by atomic mass is 9.92. The summed E-state index contributed by atoms with van der Waals surface area (Å²) in [5.41, 5.74) is 10.9. The zero-order chi connectivity index (χ0) is 20.8. The van der Waals surface area contributed by atoms with Gasteiger partial charge in [-0.3, -0.25) is 0 Å². The van der Waals surface area contributed by atoms with E-state index in [4.69, 9.17) is 0 Å².